The molecule has 110 valence electrons. The topological polar surface area (TPSA) is 32.5 Å². The number of rotatable bonds is 3. The average molecular weight is 285 g/mol. The van der Waals surface area contributed by atoms with Crippen molar-refractivity contribution in [1.82, 2.24) is 4.90 Å². The normalized spacial score (nSPS) is 16.1. The average Bonchev–Trinajstić information content (AvgIpc) is 2.49. The molecule has 4 heteroatoms. The number of piperazine rings is 1. The maximum atomic E-state index is 13.0. The highest BCUT2D eigenvalue weighted by Gasteiger charge is 2.17. The van der Waals surface area contributed by atoms with Crippen molar-refractivity contribution in [2.75, 3.05) is 36.8 Å². The van der Waals surface area contributed by atoms with Crippen molar-refractivity contribution in [2.45, 2.75) is 6.54 Å². The smallest absolute Gasteiger partial charge is 0.123 e. The summed E-state index contributed by atoms with van der Waals surface area (Å²) in [7, 11) is 0. The molecule has 1 heterocycles. The van der Waals surface area contributed by atoms with Gasteiger partial charge in [0.1, 0.15) is 5.82 Å². The Balaban J connectivity index is 1.56. The third kappa shape index (κ3) is 3.52. The molecule has 1 aliphatic rings. The number of hydrogen-bond acceptors (Lipinski definition) is 3. The quantitative estimate of drug-likeness (QED) is 0.880. The molecule has 0 unspecified atom stereocenters. The molecule has 1 fully saturated rings. The second-order valence-corrected chi connectivity index (χ2v) is 5.48. The summed E-state index contributed by atoms with van der Waals surface area (Å²) in [5.41, 5.74) is 8.99. The minimum absolute atomic E-state index is 0.181. The fraction of sp³-hybridized carbons (Fsp3) is 0.294. The second-order valence-electron chi connectivity index (χ2n) is 5.48. The van der Waals surface area contributed by atoms with Gasteiger partial charge in [0.05, 0.1) is 0 Å². The molecule has 3 nitrogen and oxygen atoms in total. The Morgan fingerprint density at radius 1 is 0.952 bits per heavy atom. The highest BCUT2D eigenvalue weighted by Crippen LogP contribution is 2.18. The minimum atomic E-state index is -0.181. The van der Waals surface area contributed by atoms with Crippen molar-refractivity contribution in [2.24, 2.45) is 0 Å². The van der Waals surface area contributed by atoms with Crippen LogP contribution >= 0.6 is 0 Å². The predicted molar refractivity (Wildman–Crippen MR) is 84.7 cm³/mol. The van der Waals surface area contributed by atoms with E-state index >= 15 is 0 Å². The van der Waals surface area contributed by atoms with Gasteiger partial charge >= 0.3 is 0 Å². The molecule has 3 rings (SSSR count). The molecule has 0 aliphatic carbocycles. The molecular weight excluding hydrogens is 265 g/mol. The van der Waals surface area contributed by atoms with E-state index in [0.29, 0.717) is 0 Å². The van der Waals surface area contributed by atoms with Crippen LogP contribution in [0.5, 0.6) is 0 Å². The Bertz CT molecular complexity index is 589. The maximum Gasteiger partial charge on any atom is 0.123 e. The van der Waals surface area contributed by atoms with E-state index in [1.165, 1.54) is 17.7 Å². The molecule has 2 N–H and O–H groups in total. The first kappa shape index (κ1) is 13.9. The van der Waals surface area contributed by atoms with Gasteiger partial charge in [-0.1, -0.05) is 12.1 Å². The van der Waals surface area contributed by atoms with Gasteiger partial charge in [-0.25, -0.2) is 4.39 Å². The number of halogens is 1. The third-order valence-electron chi connectivity index (χ3n) is 3.92. The van der Waals surface area contributed by atoms with Crippen molar-refractivity contribution in [3.05, 3.63) is 59.9 Å². The van der Waals surface area contributed by atoms with Gasteiger partial charge in [0.15, 0.2) is 0 Å². The Morgan fingerprint density at radius 3 is 2.33 bits per heavy atom. The monoisotopic (exact) mass is 285 g/mol. The molecule has 0 radical (unpaired) electrons. The van der Waals surface area contributed by atoms with Crippen molar-refractivity contribution in [3.8, 4) is 0 Å². The van der Waals surface area contributed by atoms with Crippen LogP contribution in [0, 0.1) is 5.82 Å². The highest BCUT2D eigenvalue weighted by atomic mass is 19.1. The molecule has 0 aromatic heterocycles. The SMILES string of the molecule is Nc1cccc(CN2CCN(c3ccc(F)cc3)CC2)c1. The van der Waals surface area contributed by atoms with Gasteiger partial charge in [-0.3, -0.25) is 4.90 Å². The van der Waals surface area contributed by atoms with E-state index < -0.39 is 0 Å². The second kappa shape index (κ2) is 6.14. The third-order valence-corrected chi connectivity index (χ3v) is 3.92. The van der Waals surface area contributed by atoms with Crippen LogP contribution in [-0.2, 0) is 6.54 Å². The summed E-state index contributed by atoms with van der Waals surface area (Å²) in [5.74, 6) is -0.181. The van der Waals surface area contributed by atoms with Crippen LogP contribution in [0.25, 0.3) is 0 Å². The predicted octanol–water partition coefficient (Wildman–Crippen LogP) is 2.73. The van der Waals surface area contributed by atoms with Crippen LogP contribution in [0.15, 0.2) is 48.5 Å². The lowest BCUT2D eigenvalue weighted by Crippen LogP contribution is -2.45. The summed E-state index contributed by atoms with van der Waals surface area (Å²) < 4.78 is 13.0. The van der Waals surface area contributed by atoms with Gasteiger partial charge in [0, 0.05) is 44.1 Å². The standard InChI is InChI=1S/C17H20FN3/c18-15-4-6-17(7-5-15)21-10-8-20(9-11-21)13-14-2-1-3-16(19)12-14/h1-7,12H,8-11,13,19H2. The molecule has 21 heavy (non-hydrogen) atoms. The summed E-state index contributed by atoms with van der Waals surface area (Å²) in [6.45, 7) is 4.88. The van der Waals surface area contributed by atoms with E-state index in [1.807, 2.05) is 30.3 Å². The number of benzene rings is 2. The maximum absolute atomic E-state index is 13.0. The summed E-state index contributed by atoms with van der Waals surface area (Å²) in [6, 6.07) is 14.8. The molecule has 0 spiro atoms. The van der Waals surface area contributed by atoms with Gasteiger partial charge in [0.25, 0.3) is 0 Å². The van der Waals surface area contributed by atoms with Crippen LogP contribution in [0.4, 0.5) is 15.8 Å². The highest BCUT2D eigenvalue weighted by molar-refractivity contribution is 5.46. The van der Waals surface area contributed by atoms with Crippen molar-refractivity contribution < 1.29 is 4.39 Å². The summed E-state index contributed by atoms with van der Waals surface area (Å²) in [6.07, 6.45) is 0. The first-order valence-electron chi connectivity index (χ1n) is 7.28. The lowest BCUT2D eigenvalue weighted by atomic mass is 10.1. The first-order valence-corrected chi connectivity index (χ1v) is 7.28. The van der Waals surface area contributed by atoms with Gasteiger partial charge in [-0.15, -0.1) is 0 Å². The zero-order valence-corrected chi connectivity index (χ0v) is 12.0. The largest absolute Gasteiger partial charge is 0.399 e. The van der Waals surface area contributed by atoms with Gasteiger partial charge in [0.2, 0.25) is 0 Å². The summed E-state index contributed by atoms with van der Waals surface area (Å²) >= 11 is 0. The van der Waals surface area contributed by atoms with Gasteiger partial charge in [-0.05, 0) is 42.0 Å². The molecule has 1 aliphatic heterocycles. The summed E-state index contributed by atoms with van der Waals surface area (Å²) in [5, 5.41) is 0. The molecular formula is C17H20FN3. The molecule has 0 atom stereocenters. The Kier molecular flexibility index (Phi) is 4.06. The molecule has 0 bridgehead atoms. The number of nitrogen functional groups attached to an aromatic ring is 1. The van der Waals surface area contributed by atoms with Crippen LogP contribution in [0.1, 0.15) is 5.56 Å². The van der Waals surface area contributed by atoms with Gasteiger partial charge in [-0.2, -0.15) is 0 Å². The van der Waals surface area contributed by atoms with E-state index in [-0.39, 0.29) is 5.82 Å². The summed E-state index contributed by atoms with van der Waals surface area (Å²) in [4.78, 5) is 4.73. The Labute approximate surface area is 124 Å². The Hall–Kier alpha value is -2.07. The van der Waals surface area contributed by atoms with E-state index in [0.717, 1.165) is 44.1 Å². The van der Waals surface area contributed by atoms with E-state index in [4.69, 9.17) is 5.73 Å². The minimum Gasteiger partial charge on any atom is -0.399 e. The fourth-order valence-electron chi connectivity index (χ4n) is 2.77. The Morgan fingerprint density at radius 2 is 1.67 bits per heavy atom. The van der Waals surface area contributed by atoms with E-state index in [9.17, 15) is 4.39 Å². The zero-order valence-electron chi connectivity index (χ0n) is 12.0. The zero-order chi connectivity index (χ0) is 14.7. The number of nitrogens with two attached hydrogens (primary N) is 1. The number of anilines is 2. The van der Waals surface area contributed by atoms with Crippen LogP contribution in [0.2, 0.25) is 0 Å². The van der Waals surface area contributed by atoms with Crippen LogP contribution in [0.3, 0.4) is 0 Å². The van der Waals surface area contributed by atoms with Gasteiger partial charge < -0.3 is 10.6 Å². The lowest BCUT2D eigenvalue weighted by Gasteiger charge is -2.36. The van der Waals surface area contributed by atoms with Crippen molar-refractivity contribution in [3.63, 3.8) is 0 Å². The van der Waals surface area contributed by atoms with Crippen molar-refractivity contribution >= 4 is 11.4 Å². The number of nitrogens with zero attached hydrogens (tertiary/aromatic N) is 2. The van der Waals surface area contributed by atoms with E-state index in [2.05, 4.69) is 15.9 Å². The fourth-order valence-corrected chi connectivity index (χ4v) is 2.77. The molecule has 0 saturated carbocycles. The van der Waals surface area contributed by atoms with Crippen LogP contribution in [-0.4, -0.2) is 31.1 Å². The molecule has 0 amide bonds. The first-order chi connectivity index (χ1) is 10.2. The van der Waals surface area contributed by atoms with Crippen molar-refractivity contribution in [1.29, 1.82) is 0 Å². The molecule has 1 saturated heterocycles. The lowest BCUT2D eigenvalue weighted by molar-refractivity contribution is 0.250. The van der Waals surface area contributed by atoms with Crippen LogP contribution < -0.4 is 10.6 Å². The van der Waals surface area contributed by atoms with E-state index in [1.54, 1.807) is 0 Å². The number of hydrogen-bond donors (Lipinski definition) is 1. The molecule has 2 aromatic rings. The molecule has 2 aromatic carbocycles.